The number of carbonyl (C=O) groups is 2. The third-order valence-electron chi connectivity index (χ3n) is 3.03. The van der Waals surface area contributed by atoms with Gasteiger partial charge in [0.25, 0.3) is 0 Å². The van der Waals surface area contributed by atoms with Gasteiger partial charge >= 0.3 is 12.0 Å². The van der Waals surface area contributed by atoms with Gasteiger partial charge in [0.15, 0.2) is 0 Å². The number of urea groups is 1. The number of carbonyl (C=O) groups excluding carboxylic acids is 1. The monoisotopic (exact) mass is 228 g/mol. The Bertz CT molecular complexity index is 274. The zero-order valence-electron chi connectivity index (χ0n) is 9.95. The molecule has 2 N–H and O–H groups in total. The molecule has 0 spiro atoms. The summed E-state index contributed by atoms with van der Waals surface area (Å²) < 4.78 is 0. The maximum Gasteiger partial charge on any atom is 0.317 e. The molecule has 0 unspecified atom stereocenters. The predicted octanol–water partition coefficient (Wildman–Crippen LogP) is 1.29. The van der Waals surface area contributed by atoms with Crippen molar-refractivity contribution in [2.45, 2.75) is 33.1 Å². The molecule has 5 heteroatoms. The van der Waals surface area contributed by atoms with Gasteiger partial charge in [-0.2, -0.15) is 0 Å². The van der Waals surface area contributed by atoms with Crippen LogP contribution in [0.15, 0.2) is 0 Å². The topological polar surface area (TPSA) is 69.6 Å². The summed E-state index contributed by atoms with van der Waals surface area (Å²) >= 11 is 0. The maximum absolute atomic E-state index is 11.7. The van der Waals surface area contributed by atoms with Crippen molar-refractivity contribution in [1.29, 1.82) is 0 Å². The molecule has 5 nitrogen and oxygen atoms in total. The summed E-state index contributed by atoms with van der Waals surface area (Å²) in [6, 6.07) is -0.156. The fourth-order valence-electron chi connectivity index (χ4n) is 1.42. The van der Waals surface area contributed by atoms with Crippen molar-refractivity contribution in [3.8, 4) is 0 Å². The number of nitrogens with one attached hydrogen (secondary N) is 1. The first-order chi connectivity index (χ1) is 7.47. The normalized spacial score (nSPS) is 16.6. The van der Waals surface area contributed by atoms with Crippen molar-refractivity contribution in [1.82, 2.24) is 10.2 Å². The molecule has 0 saturated heterocycles. The predicted molar refractivity (Wildman–Crippen MR) is 60.2 cm³/mol. The second-order valence-electron chi connectivity index (χ2n) is 4.69. The van der Waals surface area contributed by atoms with E-state index in [1.807, 2.05) is 6.92 Å². The van der Waals surface area contributed by atoms with Crippen molar-refractivity contribution >= 4 is 12.0 Å². The van der Waals surface area contributed by atoms with Crippen molar-refractivity contribution in [3.63, 3.8) is 0 Å². The summed E-state index contributed by atoms with van der Waals surface area (Å²) in [5.74, 6) is -0.875. The van der Waals surface area contributed by atoms with Gasteiger partial charge in [-0.15, -0.1) is 0 Å². The number of hydrogen-bond acceptors (Lipinski definition) is 2. The SMILES string of the molecule is CCN(CCC(=O)O)C(=O)NCC1(C)CC1. The van der Waals surface area contributed by atoms with Gasteiger partial charge < -0.3 is 15.3 Å². The minimum absolute atomic E-state index is 0.00146. The van der Waals surface area contributed by atoms with Gasteiger partial charge in [-0.25, -0.2) is 4.79 Å². The summed E-state index contributed by atoms with van der Waals surface area (Å²) in [6.07, 6.45) is 2.32. The van der Waals surface area contributed by atoms with Gasteiger partial charge in [0.2, 0.25) is 0 Å². The van der Waals surface area contributed by atoms with E-state index in [4.69, 9.17) is 5.11 Å². The van der Waals surface area contributed by atoms with Crippen molar-refractivity contribution < 1.29 is 14.7 Å². The van der Waals surface area contributed by atoms with Crippen LogP contribution in [0.25, 0.3) is 0 Å². The average molecular weight is 228 g/mol. The molecule has 0 aromatic rings. The van der Waals surface area contributed by atoms with Gasteiger partial charge in [0.05, 0.1) is 6.42 Å². The first-order valence-corrected chi connectivity index (χ1v) is 5.71. The van der Waals surface area contributed by atoms with Crippen molar-refractivity contribution in [2.24, 2.45) is 5.41 Å². The van der Waals surface area contributed by atoms with Crippen molar-refractivity contribution in [3.05, 3.63) is 0 Å². The van der Waals surface area contributed by atoms with Crippen molar-refractivity contribution in [2.75, 3.05) is 19.6 Å². The average Bonchev–Trinajstić information content (AvgIpc) is 2.95. The molecule has 0 bridgehead atoms. The minimum atomic E-state index is -0.875. The minimum Gasteiger partial charge on any atom is -0.481 e. The molecule has 1 fully saturated rings. The first kappa shape index (κ1) is 12.8. The molecule has 0 aliphatic heterocycles. The Hall–Kier alpha value is -1.26. The third-order valence-corrected chi connectivity index (χ3v) is 3.03. The van der Waals surface area contributed by atoms with Crippen LogP contribution in [-0.2, 0) is 4.79 Å². The highest BCUT2D eigenvalue weighted by Crippen LogP contribution is 2.44. The zero-order valence-corrected chi connectivity index (χ0v) is 9.95. The van der Waals surface area contributed by atoms with Crippen LogP contribution < -0.4 is 5.32 Å². The Labute approximate surface area is 95.8 Å². The Morgan fingerprint density at radius 2 is 2.06 bits per heavy atom. The van der Waals surface area contributed by atoms with Crippen LogP contribution in [0, 0.1) is 5.41 Å². The standard InChI is InChI=1S/C11H20N2O3/c1-3-13(7-4-9(14)15)10(16)12-8-11(2)5-6-11/h3-8H2,1-2H3,(H,12,16)(H,14,15). The second kappa shape index (κ2) is 5.18. The lowest BCUT2D eigenvalue weighted by Crippen LogP contribution is -2.42. The van der Waals surface area contributed by atoms with Crippen LogP contribution in [-0.4, -0.2) is 41.6 Å². The summed E-state index contributed by atoms with van der Waals surface area (Å²) in [6.45, 7) is 5.49. The molecule has 16 heavy (non-hydrogen) atoms. The van der Waals surface area contributed by atoms with E-state index < -0.39 is 5.97 Å². The Balaban J connectivity index is 2.27. The molecule has 0 atom stereocenters. The lowest BCUT2D eigenvalue weighted by atomic mass is 10.1. The number of carboxylic acid groups (broad SMARTS) is 1. The van der Waals surface area contributed by atoms with Crippen LogP contribution >= 0.6 is 0 Å². The molecule has 0 aromatic carbocycles. The molecule has 0 aromatic heterocycles. The van der Waals surface area contributed by atoms with E-state index in [0.717, 1.165) is 12.8 Å². The lowest BCUT2D eigenvalue weighted by Gasteiger charge is -2.21. The molecule has 1 aliphatic carbocycles. The van der Waals surface area contributed by atoms with Crippen LogP contribution in [0.3, 0.4) is 0 Å². The third kappa shape index (κ3) is 4.08. The molecule has 0 heterocycles. The largest absolute Gasteiger partial charge is 0.481 e. The Morgan fingerprint density at radius 1 is 1.44 bits per heavy atom. The smallest absolute Gasteiger partial charge is 0.317 e. The quantitative estimate of drug-likeness (QED) is 0.719. The summed E-state index contributed by atoms with van der Waals surface area (Å²) in [7, 11) is 0. The van der Waals surface area contributed by atoms with Gasteiger partial charge in [0, 0.05) is 19.6 Å². The number of carboxylic acids is 1. The summed E-state index contributed by atoms with van der Waals surface area (Å²) in [4.78, 5) is 23.6. The number of rotatable bonds is 6. The number of nitrogens with zero attached hydrogens (tertiary/aromatic N) is 1. The lowest BCUT2D eigenvalue weighted by molar-refractivity contribution is -0.137. The summed E-state index contributed by atoms with van der Waals surface area (Å²) in [5, 5.41) is 11.4. The molecular weight excluding hydrogens is 208 g/mol. The number of hydrogen-bond donors (Lipinski definition) is 2. The fourth-order valence-corrected chi connectivity index (χ4v) is 1.42. The van der Waals surface area contributed by atoms with E-state index in [1.165, 1.54) is 4.90 Å². The highest BCUT2D eigenvalue weighted by atomic mass is 16.4. The van der Waals surface area contributed by atoms with E-state index in [-0.39, 0.29) is 24.4 Å². The highest BCUT2D eigenvalue weighted by Gasteiger charge is 2.37. The van der Waals surface area contributed by atoms with E-state index in [2.05, 4.69) is 12.2 Å². The van der Waals surface area contributed by atoms with Gasteiger partial charge in [-0.05, 0) is 25.2 Å². The molecular formula is C11H20N2O3. The van der Waals surface area contributed by atoms with E-state index in [9.17, 15) is 9.59 Å². The van der Waals surface area contributed by atoms with E-state index in [0.29, 0.717) is 13.1 Å². The molecule has 1 aliphatic rings. The van der Waals surface area contributed by atoms with Crippen LogP contribution in [0.5, 0.6) is 0 Å². The van der Waals surface area contributed by atoms with E-state index >= 15 is 0 Å². The molecule has 1 rings (SSSR count). The number of amides is 2. The Kier molecular flexibility index (Phi) is 4.15. The van der Waals surface area contributed by atoms with Gasteiger partial charge in [-0.1, -0.05) is 6.92 Å². The molecule has 2 amide bonds. The fraction of sp³-hybridized carbons (Fsp3) is 0.818. The van der Waals surface area contributed by atoms with Crippen LogP contribution in [0.1, 0.15) is 33.1 Å². The van der Waals surface area contributed by atoms with E-state index in [1.54, 1.807) is 0 Å². The van der Waals surface area contributed by atoms with Gasteiger partial charge in [-0.3, -0.25) is 4.79 Å². The molecule has 92 valence electrons. The highest BCUT2D eigenvalue weighted by molar-refractivity contribution is 5.75. The molecule has 1 saturated carbocycles. The first-order valence-electron chi connectivity index (χ1n) is 5.71. The zero-order chi connectivity index (χ0) is 12.2. The maximum atomic E-state index is 11.7. The number of aliphatic carboxylic acids is 1. The van der Waals surface area contributed by atoms with Gasteiger partial charge in [0.1, 0.15) is 0 Å². The van der Waals surface area contributed by atoms with Crippen LogP contribution in [0.4, 0.5) is 4.79 Å². The Morgan fingerprint density at radius 3 is 2.50 bits per heavy atom. The molecule has 0 radical (unpaired) electrons. The summed E-state index contributed by atoms with van der Waals surface area (Å²) in [5.41, 5.74) is 0.280. The second-order valence-corrected chi connectivity index (χ2v) is 4.69. The van der Waals surface area contributed by atoms with Crippen LogP contribution in [0.2, 0.25) is 0 Å².